The SMILES string of the molecule is COCCN(c1cc(F)c(Cl)cc1N)C(C)C1CC1. The lowest BCUT2D eigenvalue weighted by molar-refractivity contribution is 0.202. The second kappa shape index (κ2) is 5.97. The number of benzene rings is 1. The summed E-state index contributed by atoms with van der Waals surface area (Å²) in [4.78, 5) is 2.12. The average Bonchev–Trinajstić information content (AvgIpc) is 3.19. The van der Waals surface area contributed by atoms with E-state index in [4.69, 9.17) is 22.1 Å². The highest BCUT2D eigenvalue weighted by molar-refractivity contribution is 6.31. The predicted molar refractivity (Wildman–Crippen MR) is 77.2 cm³/mol. The molecule has 0 amide bonds. The van der Waals surface area contributed by atoms with Gasteiger partial charge in [-0.1, -0.05) is 11.6 Å². The maximum atomic E-state index is 13.7. The highest BCUT2D eigenvalue weighted by Gasteiger charge is 2.32. The maximum Gasteiger partial charge on any atom is 0.144 e. The summed E-state index contributed by atoms with van der Waals surface area (Å²) in [6.45, 7) is 3.43. The number of anilines is 2. The third-order valence-corrected chi connectivity index (χ3v) is 4.00. The number of hydrogen-bond acceptors (Lipinski definition) is 3. The largest absolute Gasteiger partial charge is 0.397 e. The maximum absolute atomic E-state index is 13.7. The Balaban J connectivity index is 2.28. The number of rotatable bonds is 6. The van der Waals surface area contributed by atoms with E-state index in [2.05, 4.69) is 11.8 Å². The molecule has 0 heterocycles. The molecular formula is C14H20ClFN2O. The third kappa shape index (κ3) is 3.31. The Labute approximate surface area is 118 Å². The Hall–Kier alpha value is -1.00. The number of methoxy groups -OCH3 is 1. The zero-order chi connectivity index (χ0) is 14.0. The molecule has 2 N–H and O–H groups in total. The van der Waals surface area contributed by atoms with E-state index in [9.17, 15) is 4.39 Å². The first-order valence-corrected chi connectivity index (χ1v) is 6.92. The van der Waals surface area contributed by atoms with Crippen molar-refractivity contribution in [1.29, 1.82) is 0 Å². The minimum absolute atomic E-state index is 0.0621. The monoisotopic (exact) mass is 286 g/mol. The topological polar surface area (TPSA) is 38.5 Å². The fourth-order valence-corrected chi connectivity index (χ4v) is 2.54. The van der Waals surface area contributed by atoms with Crippen LogP contribution in [0.25, 0.3) is 0 Å². The van der Waals surface area contributed by atoms with Crippen LogP contribution < -0.4 is 10.6 Å². The van der Waals surface area contributed by atoms with Gasteiger partial charge in [-0.2, -0.15) is 0 Å². The summed E-state index contributed by atoms with van der Waals surface area (Å²) in [6.07, 6.45) is 2.45. The van der Waals surface area contributed by atoms with Gasteiger partial charge < -0.3 is 15.4 Å². The molecule has 1 atom stereocenters. The zero-order valence-corrected chi connectivity index (χ0v) is 12.1. The Morgan fingerprint density at radius 1 is 1.53 bits per heavy atom. The normalized spacial score (nSPS) is 16.4. The molecule has 0 aromatic heterocycles. The number of nitrogen functional groups attached to an aromatic ring is 1. The molecule has 1 fully saturated rings. The molecule has 0 spiro atoms. The average molecular weight is 287 g/mol. The van der Waals surface area contributed by atoms with Crippen LogP contribution in [0.2, 0.25) is 5.02 Å². The molecule has 2 rings (SSSR count). The van der Waals surface area contributed by atoms with E-state index in [1.165, 1.54) is 25.0 Å². The van der Waals surface area contributed by atoms with Crippen molar-refractivity contribution in [3.05, 3.63) is 23.0 Å². The predicted octanol–water partition coefficient (Wildman–Crippen LogP) is 3.31. The molecule has 106 valence electrons. The highest BCUT2D eigenvalue weighted by atomic mass is 35.5. The van der Waals surface area contributed by atoms with Crippen LogP contribution in [0.4, 0.5) is 15.8 Å². The summed E-state index contributed by atoms with van der Waals surface area (Å²) in [5.74, 6) is 0.228. The molecule has 1 saturated carbocycles. The smallest absolute Gasteiger partial charge is 0.144 e. The van der Waals surface area contributed by atoms with Crippen LogP contribution in [0, 0.1) is 11.7 Å². The number of ether oxygens (including phenoxy) is 1. The van der Waals surface area contributed by atoms with Crippen molar-refractivity contribution >= 4 is 23.0 Å². The molecule has 1 aliphatic rings. The van der Waals surface area contributed by atoms with Gasteiger partial charge in [0.2, 0.25) is 0 Å². The molecule has 5 heteroatoms. The summed E-state index contributed by atoms with van der Waals surface area (Å²) in [5.41, 5.74) is 7.20. The lowest BCUT2D eigenvalue weighted by atomic mass is 10.1. The van der Waals surface area contributed by atoms with Crippen LogP contribution in [0.3, 0.4) is 0 Å². The summed E-state index contributed by atoms with van der Waals surface area (Å²) in [5, 5.41) is 0.0621. The van der Waals surface area contributed by atoms with Crippen LogP contribution in [0.5, 0.6) is 0 Å². The van der Waals surface area contributed by atoms with E-state index >= 15 is 0 Å². The number of hydrogen-bond donors (Lipinski definition) is 1. The van der Waals surface area contributed by atoms with Gasteiger partial charge in [0.15, 0.2) is 0 Å². The zero-order valence-electron chi connectivity index (χ0n) is 11.3. The molecule has 0 bridgehead atoms. The van der Waals surface area contributed by atoms with Crippen LogP contribution in [-0.4, -0.2) is 26.3 Å². The van der Waals surface area contributed by atoms with Crippen molar-refractivity contribution in [3.63, 3.8) is 0 Å². The van der Waals surface area contributed by atoms with Crippen molar-refractivity contribution in [2.45, 2.75) is 25.8 Å². The van der Waals surface area contributed by atoms with Gasteiger partial charge in [0.1, 0.15) is 5.82 Å². The van der Waals surface area contributed by atoms with Gasteiger partial charge in [0, 0.05) is 25.8 Å². The fourth-order valence-electron chi connectivity index (χ4n) is 2.37. The molecule has 1 aromatic carbocycles. The third-order valence-electron chi connectivity index (χ3n) is 3.71. The summed E-state index contributed by atoms with van der Waals surface area (Å²) in [7, 11) is 1.66. The number of nitrogens with zero attached hydrogens (tertiary/aromatic N) is 1. The lowest BCUT2D eigenvalue weighted by Crippen LogP contribution is -2.37. The standard InChI is InChI=1S/C14H20ClFN2O/c1-9(10-3-4-10)18(5-6-19-2)14-8-12(16)11(15)7-13(14)17/h7-10H,3-6,17H2,1-2H3. The Morgan fingerprint density at radius 2 is 2.21 bits per heavy atom. The van der Waals surface area contributed by atoms with E-state index in [1.54, 1.807) is 7.11 Å². The second-order valence-corrected chi connectivity index (χ2v) is 5.50. The first-order valence-electron chi connectivity index (χ1n) is 6.54. The Bertz CT molecular complexity index is 451. The number of halogens is 2. The van der Waals surface area contributed by atoms with Gasteiger partial charge in [-0.15, -0.1) is 0 Å². The first-order chi connectivity index (χ1) is 9.04. The summed E-state index contributed by atoms with van der Waals surface area (Å²) in [6, 6.07) is 3.23. The van der Waals surface area contributed by atoms with Gasteiger partial charge in [-0.3, -0.25) is 0 Å². The summed E-state index contributed by atoms with van der Waals surface area (Å²) >= 11 is 5.75. The Kier molecular flexibility index (Phi) is 4.53. The second-order valence-electron chi connectivity index (χ2n) is 5.09. The molecule has 0 aliphatic heterocycles. The van der Waals surface area contributed by atoms with Crippen LogP contribution in [0.15, 0.2) is 12.1 Å². The first kappa shape index (κ1) is 14.4. The van der Waals surface area contributed by atoms with Crippen molar-refractivity contribution in [2.75, 3.05) is 30.9 Å². The molecule has 1 unspecified atom stereocenters. The van der Waals surface area contributed by atoms with E-state index in [0.29, 0.717) is 36.5 Å². The van der Waals surface area contributed by atoms with Gasteiger partial charge in [-0.05, 0) is 31.7 Å². The van der Waals surface area contributed by atoms with Gasteiger partial charge in [0.25, 0.3) is 0 Å². The molecule has 19 heavy (non-hydrogen) atoms. The molecule has 0 saturated heterocycles. The fraction of sp³-hybridized carbons (Fsp3) is 0.571. The molecule has 3 nitrogen and oxygen atoms in total. The summed E-state index contributed by atoms with van der Waals surface area (Å²) < 4.78 is 18.8. The van der Waals surface area contributed by atoms with Crippen molar-refractivity contribution in [2.24, 2.45) is 5.92 Å². The molecule has 1 aromatic rings. The van der Waals surface area contributed by atoms with E-state index in [1.807, 2.05) is 0 Å². The van der Waals surface area contributed by atoms with E-state index in [0.717, 1.165) is 0 Å². The van der Waals surface area contributed by atoms with Crippen molar-refractivity contribution in [1.82, 2.24) is 0 Å². The Morgan fingerprint density at radius 3 is 2.79 bits per heavy atom. The van der Waals surface area contributed by atoms with Crippen LogP contribution >= 0.6 is 11.6 Å². The van der Waals surface area contributed by atoms with Gasteiger partial charge >= 0.3 is 0 Å². The van der Waals surface area contributed by atoms with Gasteiger partial charge in [0.05, 0.1) is 23.0 Å². The molecule has 1 aliphatic carbocycles. The van der Waals surface area contributed by atoms with E-state index < -0.39 is 5.82 Å². The van der Waals surface area contributed by atoms with Gasteiger partial charge in [-0.25, -0.2) is 4.39 Å². The minimum atomic E-state index is -0.434. The molecular weight excluding hydrogens is 267 g/mol. The highest BCUT2D eigenvalue weighted by Crippen LogP contribution is 2.39. The molecule has 0 radical (unpaired) electrons. The van der Waals surface area contributed by atoms with Crippen molar-refractivity contribution < 1.29 is 9.13 Å². The number of nitrogens with two attached hydrogens (primary N) is 1. The van der Waals surface area contributed by atoms with E-state index in [-0.39, 0.29) is 5.02 Å². The van der Waals surface area contributed by atoms with Crippen molar-refractivity contribution in [3.8, 4) is 0 Å². The quantitative estimate of drug-likeness (QED) is 0.816. The lowest BCUT2D eigenvalue weighted by Gasteiger charge is -2.32. The minimum Gasteiger partial charge on any atom is -0.397 e. The van der Waals surface area contributed by atoms with Crippen LogP contribution in [-0.2, 0) is 4.74 Å². The van der Waals surface area contributed by atoms with Crippen LogP contribution in [0.1, 0.15) is 19.8 Å².